The number of hydrogen-bond acceptors (Lipinski definition) is 4. The number of carbonyl (C=O) groups excluding carboxylic acids is 1. The van der Waals surface area contributed by atoms with E-state index in [0.717, 1.165) is 16.0 Å². The van der Waals surface area contributed by atoms with Gasteiger partial charge in [-0.2, -0.15) is 0 Å². The predicted octanol–water partition coefficient (Wildman–Crippen LogP) is 3.34. The fourth-order valence-electron chi connectivity index (χ4n) is 2.01. The zero-order valence-corrected chi connectivity index (χ0v) is 15.6. The molecule has 0 heterocycles. The highest BCUT2D eigenvalue weighted by molar-refractivity contribution is 8.00. The van der Waals surface area contributed by atoms with E-state index in [1.165, 1.54) is 23.9 Å². The maximum absolute atomic E-state index is 12.2. The molecule has 5 nitrogen and oxygen atoms in total. The summed E-state index contributed by atoms with van der Waals surface area (Å²) < 4.78 is 23.1. The minimum Gasteiger partial charge on any atom is -0.325 e. The maximum atomic E-state index is 12.2. The van der Waals surface area contributed by atoms with Gasteiger partial charge in [-0.1, -0.05) is 23.7 Å². The van der Waals surface area contributed by atoms with Crippen LogP contribution in [0.2, 0.25) is 5.02 Å². The van der Waals surface area contributed by atoms with Gasteiger partial charge in [0.05, 0.1) is 15.7 Å². The molecule has 24 heavy (non-hydrogen) atoms. The van der Waals surface area contributed by atoms with E-state index in [9.17, 15) is 13.2 Å². The van der Waals surface area contributed by atoms with Crippen molar-refractivity contribution in [2.24, 2.45) is 5.14 Å². The second kappa shape index (κ2) is 7.57. The van der Waals surface area contributed by atoms with Gasteiger partial charge in [0, 0.05) is 10.6 Å². The molecular weight excluding hydrogens is 368 g/mol. The van der Waals surface area contributed by atoms with Gasteiger partial charge in [0.25, 0.3) is 0 Å². The van der Waals surface area contributed by atoms with Crippen LogP contribution in [0.5, 0.6) is 0 Å². The molecule has 0 fully saturated rings. The summed E-state index contributed by atoms with van der Waals surface area (Å²) in [5, 5.41) is 8.48. The van der Waals surface area contributed by atoms with Gasteiger partial charge in [-0.05, 0) is 49.2 Å². The molecule has 0 saturated carbocycles. The molecular formula is C16H17ClN2O3S2. The van der Waals surface area contributed by atoms with Crippen LogP contribution in [0.1, 0.15) is 11.1 Å². The lowest BCUT2D eigenvalue weighted by atomic mass is 10.1. The summed E-state index contributed by atoms with van der Waals surface area (Å²) in [5.74, 6) is -0.101. The number of sulfonamides is 1. The van der Waals surface area contributed by atoms with Crippen LogP contribution in [-0.2, 0) is 14.8 Å². The van der Waals surface area contributed by atoms with Gasteiger partial charge in [0.15, 0.2) is 0 Å². The van der Waals surface area contributed by atoms with E-state index in [1.807, 2.05) is 18.2 Å². The van der Waals surface area contributed by atoms with Crippen molar-refractivity contribution in [2.75, 3.05) is 11.1 Å². The molecule has 0 radical (unpaired) electrons. The molecule has 0 aliphatic carbocycles. The van der Waals surface area contributed by atoms with Crippen LogP contribution in [0.15, 0.2) is 46.2 Å². The Balaban J connectivity index is 2.14. The molecule has 0 saturated heterocycles. The highest BCUT2D eigenvalue weighted by atomic mass is 35.5. The minimum absolute atomic E-state index is 0.0281. The number of carbonyl (C=O) groups is 1. The number of anilines is 1. The van der Waals surface area contributed by atoms with Crippen LogP contribution in [0.25, 0.3) is 0 Å². The standard InChI is InChI=1S/C16H17ClN2O3S2/c1-10-7-12(24(18,21)22)8-14(11(10)2)19-16(20)9-23-15-6-4-3-5-13(15)17/h3-8H,9H2,1-2H3,(H,19,20)(H2,18,21,22). The van der Waals surface area contributed by atoms with E-state index >= 15 is 0 Å². The first kappa shape index (κ1) is 18.8. The summed E-state index contributed by atoms with van der Waals surface area (Å²) in [6, 6.07) is 10.1. The summed E-state index contributed by atoms with van der Waals surface area (Å²) in [4.78, 5) is 12.9. The number of hydrogen-bond donors (Lipinski definition) is 2. The Morgan fingerprint density at radius 1 is 1.25 bits per heavy atom. The Morgan fingerprint density at radius 2 is 1.92 bits per heavy atom. The van der Waals surface area contributed by atoms with Crippen LogP contribution >= 0.6 is 23.4 Å². The lowest BCUT2D eigenvalue weighted by Crippen LogP contribution is -2.17. The fraction of sp³-hybridized carbons (Fsp3) is 0.188. The molecule has 3 N–H and O–H groups in total. The molecule has 0 bridgehead atoms. The Hall–Kier alpha value is -1.54. The number of nitrogens with one attached hydrogen (secondary N) is 1. The van der Waals surface area contributed by atoms with Crippen molar-refractivity contribution in [3.05, 3.63) is 52.5 Å². The lowest BCUT2D eigenvalue weighted by molar-refractivity contribution is -0.113. The van der Waals surface area contributed by atoms with Crippen molar-refractivity contribution in [2.45, 2.75) is 23.6 Å². The third kappa shape index (κ3) is 4.73. The molecule has 0 aliphatic rings. The van der Waals surface area contributed by atoms with E-state index in [-0.39, 0.29) is 16.6 Å². The van der Waals surface area contributed by atoms with E-state index in [2.05, 4.69) is 5.32 Å². The zero-order chi connectivity index (χ0) is 17.9. The van der Waals surface area contributed by atoms with Crippen LogP contribution in [0.4, 0.5) is 5.69 Å². The highest BCUT2D eigenvalue weighted by Gasteiger charge is 2.14. The number of rotatable bonds is 5. The van der Waals surface area contributed by atoms with Crippen molar-refractivity contribution in [3.8, 4) is 0 Å². The first-order chi connectivity index (χ1) is 11.2. The highest BCUT2D eigenvalue weighted by Crippen LogP contribution is 2.27. The van der Waals surface area contributed by atoms with Gasteiger partial charge >= 0.3 is 0 Å². The van der Waals surface area contributed by atoms with Crippen molar-refractivity contribution in [3.63, 3.8) is 0 Å². The Bertz CT molecular complexity index is 883. The molecule has 0 atom stereocenters. The van der Waals surface area contributed by atoms with Gasteiger partial charge in [-0.25, -0.2) is 13.6 Å². The number of aryl methyl sites for hydroxylation is 1. The lowest BCUT2D eigenvalue weighted by Gasteiger charge is -2.13. The van der Waals surface area contributed by atoms with Gasteiger partial charge in [-0.3, -0.25) is 4.79 Å². The predicted molar refractivity (Wildman–Crippen MR) is 98.1 cm³/mol. The van der Waals surface area contributed by atoms with Gasteiger partial charge in [0.2, 0.25) is 15.9 Å². The molecule has 0 aliphatic heterocycles. The monoisotopic (exact) mass is 384 g/mol. The normalized spacial score (nSPS) is 11.3. The Morgan fingerprint density at radius 3 is 2.54 bits per heavy atom. The van der Waals surface area contributed by atoms with E-state index in [0.29, 0.717) is 10.7 Å². The Kier molecular flexibility index (Phi) is 5.92. The van der Waals surface area contributed by atoms with Gasteiger partial charge in [0.1, 0.15) is 0 Å². The molecule has 128 valence electrons. The minimum atomic E-state index is -3.84. The summed E-state index contributed by atoms with van der Waals surface area (Å²) in [7, 11) is -3.84. The smallest absolute Gasteiger partial charge is 0.238 e. The molecule has 0 unspecified atom stereocenters. The first-order valence-electron chi connectivity index (χ1n) is 6.99. The number of primary sulfonamides is 1. The molecule has 0 spiro atoms. The van der Waals surface area contributed by atoms with Crippen LogP contribution in [-0.4, -0.2) is 20.1 Å². The molecule has 0 aromatic heterocycles. The van der Waals surface area contributed by atoms with Crippen LogP contribution in [0, 0.1) is 13.8 Å². The summed E-state index contributed by atoms with van der Waals surface area (Å²) in [5.41, 5.74) is 1.96. The van der Waals surface area contributed by atoms with E-state index in [1.54, 1.807) is 19.9 Å². The maximum Gasteiger partial charge on any atom is 0.238 e. The average Bonchev–Trinajstić information content (AvgIpc) is 2.50. The zero-order valence-electron chi connectivity index (χ0n) is 13.2. The number of thioether (sulfide) groups is 1. The van der Waals surface area contributed by atoms with E-state index in [4.69, 9.17) is 16.7 Å². The Labute approximate surface area is 150 Å². The average molecular weight is 385 g/mol. The van der Waals surface area contributed by atoms with Crippen LogP contribution in [0.3, 0.4) is 0 Å². The second-order valence-corrected chi connectivity index (χ2v) is 8.21. The van der Waals surface area contributed by atoms with Crippen molar-refractivity contribution >= 4 is 45.0 Å². The largest absolute Gasteiger partial charge is 0.325 e. The number of amides is 1. The molecule has 8 heteroatoms. The van der Waals surface area contributed by atoms with Gasteiger partial charge < -0.3 is 5.32 Å². The fourth-order valence-corrected chi connectivity index (χ4v) is 3.67. The van der Waals surface area contributed by atoms with Crippen molar-refractivity contribution in [1.29, 1.82) is 0 Å². The van der Waals surface area contributed by atoms with Gasteiger partial charge in [-0.15, -0.1) is 11.8 Å². The summed E-state index contributed by atoms with van der Waals surface area (Å²) in [6.07, 6.45) is 0. The SMILES string of the molecule is Cc1cc(S(N)(=O)=O)cc(NC(=O)CSc2ccccc2Cl)c1C. The summed E-state index contributed by atoms with van der Waals surface area (Å²) in [6.45, 7) is 3.57. The number of benzene rings is 2. The van der Waals surface area contributed by atoms with E-state index < -0.39 is 10.0 Å². The number of nitrogens with two attached hydrogens (primary N) is 1. The molecule has 1 amide bonds. The molecule has 2 aromatic rings. The van der Waals surface area contributed by atoms with Crippen LogP contribution < -0.4 is 10.5 Å². The second-order valence-electron chi connectivity index (χ2n) is 5.23. The third-order valence-corrected chi connectivity index (χ3v) is 5.85. The quantitative estimate of drug-likeness (QED) is 0.773. The van der Waals surface area contributed by atoms with Crippen molar-refractivity contribution in [1.82, 2.24) is 0 Å². The molecule has 2 rings (SSSR count). The number of halogens is 1. The topological polar surface area (TPSA) is 89.3 Å². The summed E-state index contributed by atoms with van der Waals surface area (Å²) >= 11 is 7.36. The third-order valence-electron chi connectivity index (χ3n) is 3.44. The first-order valence-corrected chi connectivity index (χ1v) is 9.90. The molecule has 2 aromatic carbocycles. The van der Waals surface area contributed by atoms with Crippen molar-refractivity contribution < 1.29 is 13.2 Å².